The molecule has 2 atom stereocenters. The number of carbonyl (C=O) groups is 2. The van der Waals surface area contributed by atoms with Gasteiger partial charge in [-0.25, -0.2) is 8.42 Å². The van der Waals surface area contributed by atoms with E-state index in [0.29, 0.717) is 18.0 Å². The summed E-state index contributed by atoms with van der Waals surface area (Å²) >= 11 is 0. The standard InChI is InChI=1S/C31H39N3O5S/c1-6-24(4)32-31(36)25(5)33(21-26-14-12-11-13-23(26)3)30(35)22-34(27-15-9-8-10-16-27)40(37,38)29-19-17-28(18-20-29)39-7-2/h8-20,24-25H,6-7,21-22H2,1-5H3,(H,32,36). The molecule has 3 aromatic rings. The molecule has 40 heavy (non-hydrogen) atoms. The predicted octanol–water partition coefficient (Wildman–Crippen LogP) is 4.92. The zero-order valence-electron chi connectivity index (χ0n) is 23.8. The molecule has 0 aliphatic carbocycles. The normalized spacial score (nSPS) is 12.7. The SMILES string of the molecule is CCOc1ccc(S(=O)(=O)N(CC(=O)N(Cc2ccccc2C)C(C)C(=O)NC(C)CC)c2ccccc2)cc1. The topological polar surface area (TPSA) is 96.0 Å². The minimum absolute atomic E-state index is 0.0284. The van der Waals surface area contributed by atoms with E-state index in [0.717, 1.165) is 21.9 Å². The number of amides is 2. The van der Waals surface area contributed by atoms with Gasteiger partial charge in [-0.1, -0.05) is 49.4 Å². The fraction of sp³-hybridized carbons (Fsp3) is 0.355. The number of para-hydroxylation sites is 1. The molecule has 0 saturated heterocycles. The average Bonchev–Trinajstić information content (AvgIpc) is 2.95. The molecule has 0 bridgehead atoms. The van der Waals surface area contributed by atoms with Gasteiger partial charge in [0.05, 0.1) is 17.2 Å². The second-order valence-electron chi connectivity index (χ2n) is 9.69. The number of benzene rings is 3. The Bertz CT molecular complexity index is 1380. The van der Waals surface area contributed by atoms with Gasteiger partial charge in [0, 0.05) is 12.6 Å². The highest BCUT2D eigenvalue weighted by atomic mass is 32.2. The van der Waals surface area contributed by atoms with Crippen molar-refractivity contribution in [2.45, 2.75) is 64.6 Å². The van der Waals surface area contributed by atoms with E-state index in [1.807, 2.05) is 52.0 Å². The van der Waals surface area contributed by atoms with Crippen LogP contribution in [0.4, 0.5) is 5.69 Å². The lowest BCUT2D eigenvalue weighted by Gasteiger charge is -2.32. The molecule has 0 saturated carbocycles. The maximum absolute atomic E-state index is 14.0. The van der Waals surface area contributed by atoms with Crippen molar-refractivity contribution in [3.05, 3.63) is 90.0 Å². The first-order valence-electron chi connectivity index (χ1n) is 13.5. The number of ether oxygens (including phenoxy) is 1. The molecule has 8 nitrogen and oxygen atoms in total. The zero-order chi connectivity index (χ0) is 29.3. The van der Waals surface area contributed by atoms with Gasteiger partial charge in [-0.15, -0.1) is 0 Å². The Morgan fingerprint density at radius 3 is 2.12 bits per heavy atom. The van der Waals surface area contributed by atoms with Crippen LogP contribution in [-0.4, -0.2) is 50.4 Å². The number of nitrogens with one attached hydrogen (secondary N) is 1. The van der Waals surface area contributed by atoms with E-state index in [9.17, 15) is 18.0 Å². The molecule has 0 aliphatic rings. The highest BCUT2D eigenvalue weighted by Crippen LogP contribution is 2.26. The Morgan fingerprint density at radius 1 is 0.900 bits per heavy atom. The Kier molecular flexibility index (Phi) is 10.7. The van der Waals surface area contributed by atoms with Crippen LogP contribution in [-0.2, 0) is 26.2 Å². The van der Waals surface area contributed by atoms with E-state index in [4.69, 9.17) is 4.74 Å². The van der Waals surface area contributed by atoms with Crippen molar-refractivity contribution in [1.29, 1.82) is 0 Å². The van der Waals surface area contributed by atoms with Crippen molar-refractivity contribution in [2.24, 2.45) is 0 Å². The van der Waals surface area contributed by atoms with Gasteiger partial charge >= 0.3 is 0 Å². The number of hydrogen-bond acceptors (Lipinski definition) is 5. The van der Waals surface area contributed by atoms with Crippen LogP contribution in [0.25, 0.3) is 0 Å². The molecule has 214 valence electrons. The molecular formula is C31H39N3O5S. The summed E-state index contributed by atoms with van der Waals surface area (Å²) in [6, 6.07) is 21.3. The van der Waals surface area contributed by atoms with E-state index in [1.54, 1.807) is 49.4 Å². The summed E-state index contributed by atoms with van der Waals surface area (Å²) in [6.45, 7) is 9.46. The van der Waals surface area contributed by atoms with Crippen molar-refractivity contribution in [2.75, 3.05) is 17.5 Å². The zero-order valence-corrected chi connectivity index (χ0v) is 24.6. The fourth-order valence-electron chi connectivity index (χ4n) is 4.14. The Hall–Kier alpha value is -3.85. The van der Waals surface area contributed by atoms with Crippen molar-refractivity contribution in [3.63, 3.8) is 0 Å². The fourth-order valence-corrected chi connectivity index (χ4v) is 5.56. The van der Waals surface area contributed by atoms with Crippen LogP contribution < -0.4 is 14.4 Å². The maximum Gasteiger partial charge on any atom is 0.264 e. The largest absolute Gasteiger partial charge is 0.494 e. The molecule has 0 spiro atoms. The molecule has 0 aliphatic heterocycles. The van der Waals surface area contributed by atoms with Crippen LogP contribution in [0.1, 0.15) is 45.2 Å². The number of rotatable bonds is 13. The minimum Gasteiger partial charge on any atom is -0.494 e. The predicted molar refractivity (Wildman–Crippen MR) is 158 cm³/mol. The van der Waals surface area contributed by atoms with Crippen LogP contribution in [0.3, 0.4) is 0 Å². The molecule has 0 radical (unpaired) electrons. The van der Waals surface area contributed by atoms with Crippen LogP contribution in [0.2, 0.25) is 0 Å². The molecule has 0 fully saturated rings. The highest BCUT2D eigenvalue weighted by molar-refractivity contribution is 7.92. The second-order valence-corrected chi connectivity index (χ2v) is 11.6. The Morgan fingerprint density at radius 2 is 1.52 bits per heavy atom. The van der Waals surface area contributed by atoms with Gasteiger partial charge in [-0.05, 0) is 81.6 Å². The van der Waals surface area contributed by atoms with Crippen molar-refractivity contribution >= 4 is 27.5 Å². The smallest absolute Gasteiger partial charge is 0.264 e. The van der Waals surface area contributed by atoms with Crippen molar-refractivity contribution < 1.29 is 22.7 Å². The van der Waals surface area contributed by atoms with E-state index in [2.05, 4.69) is 5.32 Å². The molecule has 1 N–H and O–H groups in total. The maximum atomic E-state index is 14.0. The third-order valence-electron chi connectivity index (χ3n) is 6.82. The minimum atomic E-state index is -4.13. The van der Waals surface area contributed by atoms with Crippen LogP contribution in [0.5, 0.6) is 5.75 Å². The third kappa shape index (κ3) is 7.63. The van der Waals surface area contributed by atoms with Crippen LogP contribution >= 0.6 is 0 Å². The summed E-state index contributed by atoms with van der Waals surface area (Å²) in [5, 5.41) is 2.95. The average molecular weight is 566 g/mol. The van der Waals surface area contributed by atoms with Crippen LogP contribution in [0.15, 0.2) is 83.8 Å². The summed E-state index contributed by atoms with van der Waals surface area (Å²) in [5.74, 6) is -0.236. The first kappa shape index (κ1) is 30.7. The van der Waals surface area contributed by atoms with Gasteiger partial charge in [-0.3, -0.25) is 13.9 Å². The molecule has 3 rings (SSSR count). The van der Waals surface area contributed by atoms with Gasteiger partial charge in [0.2, 0.25) is 11.8 Å². The number of carbonyl (C=O) groups excluding carboxylic acids is 2. The summed E-state index contributed by atoms with van der Waals surface area (Å²) in [4.78, 5) is 28.6. The highest BCUT2D eigenvalue weighted by Gasteiger charge is 2.33. The quantitative estimate of drug-likeness (QED) is 0.317. The van der Waals surface area contributed by atoms with Gasteiger partial charge in [0.15, 0.2) is 0 Å². The molecule has 9 heteroatoms. The van der Waals surface area contributed by atoms with E-state index >= 15 is 0 Å². The molecule has 0 aromatic heterocycles. The van der Waals surface area contributed by atoms with E-state index in [1.165, 1.54) is 17.0 Å². The van der Waals surface area contributed by atoms with Crippen molar-refractivity contribution in [3.8, 4) is 5.75 Å². The molecular weight excluding hydrogens is 526 g/mol. The summed E-state index contributed by atoms with van der Waals surface area (Å²) < 4.78 is 34.3. The van der Waals surface area contributed by atoms with Gasteiger partial charge in [0.1, 0.15) is 18.3 Å². The van der Waals surface area contributed by atoms with Crippen molar-refractivity contribution in [1.82, 2.24) is 10.2 Å². The van der Waals surface area contributed by atoms with Crippen LogP contribution in [0, 0.1) is 6.92 Å². The lowest BCUT2D eigenvalue weighted by atomic mass is 10.1. The second kappa shape index (κ2) is 14.0. The first-order chi connectivity index (χ1) is 19.1. The first-order valence-corrected chi connectivity index (χ1v) is 15.0. The number of hydrogen-bond donors (Lipinski definition) is 1. The summed E-state index contributed by atoms with van der Waals surface area (Å²) in [7, 11) is -4.13. The number of aryl methyl sites for hydroxylation is 1. The molecule has 0 heterocycles. The number of nitrogens with zero attached hydrogens (tertiary/aromatic N) is 2. The monoisotopic (exact) mass is 565 g/mol. The van der Waals surface area contributed by atoms with Gasteiger partial charge in [-0.2, -0.15) is 0 Å². The number of anilines is 1. The number of sulfonamides is 1. The molecule has 2 amide bonds. The summed E-state index contributed by atoms with van der Waals surface area (Å²) in [5.41, 5.74) is 2.19. The molecule has 3 aromatic carbocycles. The molecule has 2 unspecified atom stereocenters. The Balaban J connectivity index is 2.00. The van der Waals surface area contributed by atoms with E-state index < -0.39 is 28.5 Å². The lowest BCUT2D eigenvalue weighted by Crippen LogP contribution is -2.52. The summed E-state index contributed by atoms with van der Waals surface area (Å²) in [6.07, 6.45) is 0.742. The Labute approximate surface area is 238 Å². The van der Waals surface area contributed by atoms with E-state index in [-0.39, 0.29) is 23.4 Å². The van der Waals surface area contributed by atoms with Gasteiger partial charge < -0.3 is 15.0 Å². The van der Waals surface area contributed by atoms with Gasteiger partial charge in [0.25, 0.3) is 10.0 Å². The third-order valence-corrected chi connectivity index (χ3v) is 8.60. The lowest BCUT2D eigenvalue weighted by molar-refractivity contribution is -0.139.